The zero-order chi connectivity index (χ0) is 19.6. The van der Waals surface area contributed by atoms with Crippen LogP contribution in [0, 0.1) is 5.82 Å². The van der Waals surface area contributed by atoms with Crippen LogP contribution in [0.2, 0.25) is 5.02 Å². The average Bonchev–Trinajstić information content (AvgIpc) is 3.09. The molecule has 1 aromatic heterocycles. The highest BCUT2D eigenvalue weighted by molar-refractivity contribution is 6.31. The van der Waals surface area contributed by atoms with E-state index in [1.54, 1.807) is 30.3 Å². The van der Waals surface area contributed by atoms with Gasteiger partial charge in [0, 0.05) is 5.56 Å². The Labute approximate surface area is 159 Å². The van der Waals surface area contributed by atoms with E-state index in [2.05, 4.69) is 5.10 Å². The van der Waals surface area contributed by atoms with Crippen molar-refractivity contribution in [1.29, 1.82) is 0 Å². The molecule has 0 saturated carbocycles. The molecule has 27 heavy (non-hydrogen) atoms. The predicted octanol–water partition coefficient (Wildman–Crippen LogP) is 3.91. The number of rotatable bonds is 4. The third-order valence-electron chi connectivity index (χ3n) is 3.86. The number of esters is 2. The van der Waals surface area contributed by atoms with E-state index in [4.69, 9.17) is 21.1 Å². The van der Waals surface area contributed by atoms with Crippen LogP contribution in [0.3, 0.4) is 0 Å². The summed E-state index contributed by atoms with van der Waals surface area (Å²) in [6.07, 6.45) is 0. The van der Waals surface area contributed by atoms with Crippen molar-refractivity contribution in [2.24, 2.45) is 0 Å². The number of carbonyl (C=O) groups is 2. The molecule has 0 unspecified atom stereocenters. The lowest BCUT2D eigenvalue weighted by Gasteiger charge is -2.07. The van der Waals surface area contributed by atoms with Crippen LogP contribution in [-0.4, -0.2) is 35.9 Å². The Bertz CT molecular complexity index is 1020. The van der Waals surface area contributed by atoms with E-state index in [1.165, 1.54) is 30.0 Å². The summed E-state index contributed by atoms with van der Waals surface area (Å²) < 4.78 is 25.4. The van der Waals surface area contributed by atoms with Gasteiger partial charge in [0.05, 0.1) is 24.9 Å². The highest BCUT2D eigenvalue weighted by Crippen LogP contribution is 2.33. The van der Waals surface area contributed by atoms with E-state index in [0.29, 0.717) is 5.69 Å². The van der Waals surface area contributed by atoms with Gasteiger partial charge in [-0.05, 0) is 24.3 Å². The van der Waals surface area contributed by atoms with E-state index in [0.717, 1.165) is 7.11 Å². The smallest absolute Gasteiger partial charge is 0.357 e. The molecule has 3 aromatic rings. The number of carbonyl (C=O) groups excluding carboxylic acids is 2. The highest BCUT2D eigenvalue weighted by Gasteiger charge is 2.32. The summed E-state index contributed by atoms with van der Waals surface area (Å²) in [5.41, 5.74) is -0.0233. The van der Waals surface area contributed by atoms with E-state index in [1.807, 2.05) is 0 Å². The molecule has 0 radical (unpaired) electrons. The second-order valence-corrected chi connectivity index (χ2v) is 5.81. The lowest BCUT2D eigenvalue weighted by atomic mass is 10.0. The number of aromatic nitrogens is 2. The average molecular weight is 389 g/mol. The summed E-state index contributed by atoms with van der Waals surface area (Å²) in [5.74, 6) is -2.44. The van der Waals surface area contributed by atoms with Gasteiger partial charge < -0.3 is 9.47 Å². The Morgan fingerprint density at radius 1 is 1.00 bits per heavy atom. The number of benzene rings is 2. The summed E-state index contributed by atoms with van der Waals surface area (Å²) in [5, 5.41) is 4.17. The third kappa shape index (κ3) is 3.29. The SMILES string of the molecule is COC(=O)c1c(-c2cccc(Cl)c2F)nn(-c2ccccc2)c1C(=O)OC. The first kappa shape index (κ1) is 18.6. The van der Waals surface area contributed by atoms with Gasteiger partial charge in [-0.2, -0.15) is 5.10 Å². The van der Waals surface area contributed by atoms with E-state index < -0.39 is 17.8 Å². The minimum Gasteiger partial charge on any atom is -0.465 e. The molecule has 0 aliphatic carbocycles. The quantitative estimate of drug-likeness (QED) is 0.634. The maximum atomic E-state index is 14.6. The van der Waals surface area contributed by atoms with Crippen LogP contribution in [0.25, 0.3) is 16.9 Å². The van der Waals surface area contributed by atoms with E-state index >= 15 is 0 Å². The normalized spacial score (nSPS) is 10.5. The Hall–Kier alpha value is -3.19. The molecule has 0 N–H and O–H groups in total. The Morgan fingerprint density at radius 2 is 1.67 bits per heavy atom. The number of hydrogen-bond acceptors (Lipinski definition) is 5. The Balaban J connectivity index is 2.40. The van der Waals surface area contributed by atoms with Crippen molar-refractivity contribution in [3.05, 3.63) is 70.6 Å². The lowest BCUT2D eigenvalue weighted by Crippen LogP contribution is -2.15. The van der Waals surface area contributed by atoms with Gasteiger partial charge >= 0.3 is 11.9 Å². The molecule has 2 aromatic carbocycles. The first-order valence-corrected chi connectivity index (χ1v) is 8.16. The molecule has 0 atom stereocenters. The largest absolute Gasteiger partial charge is 0.465 e. The first-order chi connectivity index (χ1) is 13.0. The fraction of sp³-hybridized carbons (Fsp3) is 0.105. The standard InChI is InChI=1S/C19H14ClFN2O4/c1-26-18(24)14-16(12-9-6-10-13(20)15(12)21)22-23(17(14)19(25)27-2)11-7-4-3-5-8-11/h3-10H,1-2H3. The zero-order valence-electron chi connectivity index (χ0n) is 14.4. The van der Waals surface area contributed by atoms with Gasteiger partial charge in [-0.25, -0.2) is 18.7 Å². The number of para-hydroxylation sites is 1. The monoisotopic (exact) mass is 388 g/mol. The molecule has 0 fully saturated rings. The molecule has 6 nitrogen and oxygen atoms in total. The van der Waals surface area contributed by atoms with Crippen molar-refractivity contribution < 1.29 is 23.5 Å². The summed E-state index contributed by atoms with van der Waals surface area (Å²) in [6.45, 7) is 0. The van der Waals surface area contributed by atoms with Gasteiger partial charge in [0.25, 0.3) is 0 Å². The van der Waals surface area contributed by atoms with Crippen LogP contribution in [0.15, 0.2) is 48.5 Å². The van der Waals surface area contributed by atoms with Gasteiger partial charge in [0.1, 0.15) is 11.3 Å². The van der Waals surface area contributed by atoms with Gasteiger partial charge in [0.15, 0.2) is 11.5 Å². The Morgan fingerprint density at radius 3 is 2.30 bits per heavy atom. The van der Waals surface area contributed by atoms with Crippen molar-refractivity contribution >= 4 is 23.5 Å². The van der Waals surface area contributed by atoms with Gasteiger partial charge in [-0.3, -0.25) is 0 Å². The molecule has 0 spiro atoms. The van der Waals surface area contributed by atoms with Gasteiger partial charge in [-0.15, -0.1) is 0 Å². The molecule has 0 bridgehead atoms. The zero-order valence-corrected chi connectivity index (χ0v) is 15.2. The summed E-state index contributed by atoms with van der Waals surface area (Å²) in [4.78, 5) is 24.9. The molecule has 3 rings (SSSR count). The third-order valence-corrected chi connectivity index (χ3v) is 4.15. The van der Waals surface area contributed by atoms with Crippen LogP contribution in [0.5, 0.6) is 0 Å². The number of nitrogens with zero attached hydrogens (tertiary/aromatic N) is 2. The molecule has 8 heteroatoms. The molecular weight excluding hydrogens is 375 g/mol. The molecular formula is C19H14ClFN2O4. The predicted molar refractivity (Wildman–Crippen MR) is 96.6 cm³/mol. The Kier molecular flexibility index (Phi) is 5.23. The van der Waals surface area contributed by atoms with Crippen molar-refractivity contribution in [3.63, 3.8) is 0 Å². The van der Waals surface area contributed by atoms with Crippen molar-refractivity contribution in [3.8, 4) is 16.9 Å². The number of halogens is 2. The maximum Gasteiger partial charge on any atom is 0.357 e. The summed E-state index contributed by atoms with van der Waals surface area (Å²) >= 11 is 5.87. The van der Waals surface area contributed by atoms with Gasteiger partial charge in [-0.1, -0.05) is 35.9 Å². The van der Waals surface area contributed by atoms with Crippen LogP contribution < -0.4 is 0 Å². The fourth-order valence-corrected chi connectivity index (χ4v) is 2.80. The van der Waals surface area contributed by atoms with Crippen molar-refractivity contribution in [1.82, 2.24) is 9.78 Å². The lowest BCUT2D eigenvalue weighted by molar-refractivity contribution is 0.0549. The minimum atomic E-state index is -0.855. The molecule has 0 amide bonds. The van der Waals surface area contributed by atoms with E-state index in [-0.39, 0.29) is 27.5 Å². The molecule has 1 heterocycles. The first-order valence-electron chi connectivity index (χ1n) is 7.79. The molecule has 0 saturated heterocycles. The molecule has 138 valence electrons. The molecule has 0 aliphatic rings. The topological polar surface area (TPSA) is 70.4 Å². The van der Waals surface area contributed by atoms with Crippen LogP contribution in [-0.2, 0) is 9.47 Å². The van der Waals surface area contributed by atoms with Crippen LogP contribution in [0.4, 0.5) is 4.39 Å². The summed E-state index contributed by atoms with van der Waals surface area (Å²) in [7, 11) is 2.33. The van der Waals surface area contributed by atoms with Crippen LogP contribution in [0.1, 0.15) is 20.8 Å². The second kappa shape index (κ2) is 7.59. The number of hydrogen-bond donors (Lipinski definition) is 0. The number of ether oxygens (including phenoxy) is 2. The minimum absolute atomic E-state index is 0.0391. The van der Waals surface area contributed by atoms with Gasteiger partial charge in [0.2, 0.25) is 0 Å². The number of methoxy groups -OCH3 is 2. The van der Waals surface area contributed by atoms with E-state index in [9.17, 15) is 14.0 Å². The summed E-state index contributed by atoms with van der Waals surface area (Å²) in [6, 6.07) is 12.9. The molecule has 0 aliphatic heterocycles. The fourth-order valence-electron chi connectivity index (χ4n) is 2.63. The second-order valence-electron chi connectivity index (χ2n) is 5.40. The van der Waals surface area contributed by atoms with Crippen molar-refractivity contribution in [2.75, 3.05) is 14.2 Å². The highest BCUT2D eigenvalue weighted by atomic mass is 35.5. The maximum absolute atomic E-state index is 14.6. The van der Waals surface area contributed by atoms with Crippen LogP contribution >= 0.6 is 11.6 Å². The van der Waals surface area contributed by atoms with Crippen molar-refractivity contribution in [2.45, 2.75) is 0 Å².